The second kappa shape index (κ2) is 5.78. The van der Waals surface area contributed by atoms with Crippen LogP contribution in [0.3, 0.4) is 0 Å². The number of hydrogen-bond donors (Lipinski definition) is 3. The van der Waals surface area contributed by atoms with Crippen molar-refractivity contribution in [3.05, 3.63) is 24.3 Å². The van der Waals surface area contributed by atoms with E-state index >= 15 is 0 Å². The van der Waals surface area contributed by atoms with Gasteiger partial charge in [-0.25, -0.2) is 10.5 Å². The maximum absolute atomic E-state index is 10.1. The molecule has 0 amide bonds. The fourth-order valence-corrected chi connectivity index (χ4v) is 2.52. The molecule has 2 aromatic rings. The average Bonchev–Trinajstić information content (AvgIpc) is 3.02. The van der Waals surface area contributed by atoms with E-state index in [1.807, 2.05) is 0 Å². The Kier molecular flexibility index (Phi) is 3.98. The summed E-state index contributed by atoms with van der Waals surface area (Å²) in [5.41, 5.74) is 3.28. The van der Waals surface area contributed by atoms with Crippen molar-refractivity contribution in [2.24, 2.45) is 0 Å². The molecule has 0 aromatic carbocycles. The molecular weight excluding hydrogens is 314 g/mol. The zero-order valence-electron chi connectivity index (χ0n) is 11.5. The smallest absolute Gasteiger partial charge is 0.226 e. The summed E-state index contributed by atoms with van der Waals surface area (Å²) >= 11 is 5.89. The van der Waals surface area contributed by atoms with Gasteiger partial charge in [0.05, 0.1) is 13.4 Å². The lowest BCUT2D eigenvalue weighted by Gasteiger charge is -2.16. The number of ether oxygens (including phenoxy) is 1. The highest BCUT2D eigenvalue weighted by molar-refractivity contribution is 6.28. The van der Waals surface area contributed by atoms with Crippen molar-refractivity contribution in [1.29, 1.82) is 0 Å². The lowest BCUT2D eigenvalue weighted by atomic mass is 10.1. The minimum absolute atomic E-state index is 0.0258. The Labute approximate surface area is 130 Å². The van der Waals surface area contributed by atoms with Gasteiger partial charge in [-0.15, -0.1) is 6.58 Å². The number of nitrogens with one attached hydrogen (secondary N) is 1. The van der Waals surface area contributed by atoms with Crippen LogP contribution in [0.25, 0.3) is 11.2 Å². The fourth-order valence-electron chi connectivity index (χ4n) is 2.35. The maximum Gasteiger partial charge on any atom is 0.226 e. The van der Waals surface area contributed by atoms with Crippen LogP contribution in [0, 0.1) is 0 Å². The fraction of sp³-hybridized carbons (Fsp3) is 0.417. The van der Waals surface area contributed by atoms with Gasteiger partial charge in [-0.05, 0) is 11.6 Å². The molecule has 1 saturated heterocycles. The zero-order valence-corrected chi connectivity index (χ0v) is 12.3. The highest BCUT2D eigenvalue weighted by Crippen LogP contribution is 2.33. The van der Waals surface area contributed by atoms with Gasteiger partial charge in [-0.3, -0.25) is 9.40 Å². The summed E-state index contributed by atoms with van der Waals surface area (Å²) in [5, 5.41) is 20.0. The van der Waals surface area contributed by atoms with Crippen LogP contribution in [0.2, 0.25) is 5.28 Å². The van der Waals surface area contributed by atoms with E-state index in [4.69, 9.17) is 21.2 Å². The molecule has 3 N–H and O–H groups in total. The van der Waals surface area contributed by atoms with Crippen LogP contribution in [0.4, 0.5) is 5.82 Å². The van der Waals surface area contributed by atoms with Crippen molar-refractivity contribution in [3.8, 4) is 0 Å². The molecule has 3 heterocycles. The summed E-state index contributed by atoms with van der Waals surface area (Å²) in [6, 6.07) is 0. The minimum Gasteiger partial charge on any atom is -0.387 e. The minimum atomic E-state index is -1.16. The third-order valence-electron chi connectivity index (χ3n) is 3.37. The third kappa shape index (κ3) is 2.32. The van der Waals surface area contributed by atoms with Gasteiger partial charge in [-0.1, -0.05) is 6.08 Å². The van der Waals surface area contributed by atoms with Crippen molar-refractivity contribution >= 4 is 28.6 Å². The van der Waals surface area contributed by atoms with Gasteiger partial charge in [0.2, 0.25) is 5.28 Å². The summed E-state index contributed by atoms with van der Waals surface area (Å²) in [4.78, 5) is 17.1. The number of fused-ring (bicyclic) bond motifs is 1. The van der Waals surface area contributed by atoms with Crippen molar-refractivity contribution < 1.29 is 19.8 Å². The van der Waals surface area contributed by atoms with Crippen molar-refractivity contribution in [2.75, 3.05) is 12.6 Å². The monoisotopic (exact) mass is 327 g/mol. The predicted octanol–water partition coefficient (Wildman–Crippen LogP) is 0.258. The van der Waals surface area contributed by atoms with Gasteiger partial charge in [0.25, 0.3) is 0 Å². The Balaban J connectivity index is 2.07. The molecule has 2 unspecified atom stereocenters. The SMILES string of the molecule is C=C[C@H]1O[C@@H](n2cnc3c(NOC)nc(Cl)nc32)C(O)C1O. The number of imidazole rings is 1. The highest BCUT2D eigenvalue weighted by Gasteiger charge is 2.43. The van der Waals surface area contributed by atoms with Gasteiger partial charge in [0.1, 0.15) is 18.3 Å². The third-order valence-corrected chi connectivity index (χ3v) is 3.54. The molecule has 3 rings (SSSR count). The Bertz CT molecular complexity index is 708. The second-order valence-electron chi connectivity index (χ2n) is 4.68. The Morgan fingerprint density at radius 2 is 2.23 bits per heavy atom. The summed E-state index contributed by atoms with van der Waals surface area (Å²) in [5.74, 6) is 0.282. The number of rotatable bonds is 4. The van der Waals surface area contributed by atoms with Crippen LogP contribution in [-0.2, 0) is 9.57 Å². The van der Waals surface area contributed by atoms with E-state index in [2.05, 4.69) is 27.0 Å². The quantitative estimate of drug-likeness (QED) is 0.416. The van der Waals surface area contributed by atoms with Crippen molar-refractivity contribution in [3.63, 3.8) is 0 Å². The Morgan fingerprint density at radius 1 is 1.45 bits per heavy atom. The molecule has 0 aliphatic carbocycles. The highest BCUT2D eigenvalue weighted by atomic mass is 35.5. The molecule has 118 valence electrons. The normalized spacial score (nSPS) is 28.2. The van der Waals surface area contributed by atoms with E-state index < -0.39 is 24.5 Å². The van der Waals surface area contributed by atoms with Gasteiger partial charge < -0.3 is 14.9 Å². The molecule has 1 aliphatic heterocycles. The summed E-state index contributed by atoms with van der Waals surface area (Å²) in [6.07, 6.45) is -0.965. The second-order valence-corrected chi connectivity index (χ2v) is 5.02. The summed E-state index contributed by atoms with van der Waals surface area (Å²) in [6.45, 7) is 3.56. The predicted molar refractivity (Wildman–Crippen MR) is 77.1 cm³/mol. The first-order chi connectivity index (χ1) is 10.6. The molecule has 22 heavy (non-hydrogen) atoms. The van der Waals surface area contributed by atoms with Crippen LogP contribution < -0.4 is 5.48 Å². The number of aromatic nitrogens is 4. The van der Waals surface area contributed by atoms with Gasteiger partial charge in [0.15, 0.2) is 23.2 Å². The topological polar surface area (TPSA) is 115 Å². The van der Waals surface area contributed by atoms with E-state index in [1.54, 1.807) is 0 Å². The molecule has 10 heteroatoms. The van der Waals surface area contributed by atoms with Crippen molar-refractivity contribution in [1.82, 2.24) is 19.5 Å². The first-order valence-corrected chi connectivity index (χ1v) is 6.77. The molecule has 0 saturated carbocycles. The van der Waals surface area contributed by atoms with Gasteiger partial charge in [0, 0.05) is 0 Å². The number of hydrogen-bond acceptors (Lipinski definition) is 8. The summed E-state index contributed by atoms with van der Waals surface area (Å²) in [7, 11) is 1.42. The molecular formula is C12H14ClN5O4. The number of aliphatic hydroxyl groups excluding tert-OH is 2. The first kappa shape index (κ1) is 15.1. The number of nitrogens with zero attached hydrogens (tertiary/aromatic N) is 4. The lowest BCUT2D eigenvalue weighted by molar-refractivity contribution is -0.0244. The van der Waals surface area contributed by atoms with Crippen LogP contribution in [0.1, 0.15) is 6.23 Å². The Morgan fingerprint density at radius 3 is 2.86 bits per heavy atom. The van der Waals surface area contributed by atoms with Crippen LogP contribution in [-0.4, -0.2) is 55.2 Å². The lowest BCUT2D eigenvalue weighted by Crippen LogP contribution is -2.30. The van der Waals surface area contributed by atoms with Gasteiger partial charge in [-0.2, -0.15) is 9.97 Å². The summed E-state index contributed by atoms with van der Waals surface area (Å²) < 4.78 is 7.05. The largest absolute Gasteiger partial charge is 0.387 e. The molecule has 4 atom stereocenters. The zero-order chi connectivity index (χ0) is 15.9. The molecule has 0 bridgehead atoms. The standard InChI is InChI=1S/C12H14ClN5O4/c1-3-5-7(19)8(20)11(22-5)18-4-14-6-9(17-21-2)15-12(13)16-10(6)18/h3-5,7-8,11,19-20H,1H2,2H3,(H,15,16,17)/t5-,7?,8?,11-/m1/s1. The maximum atomic E-state index is 10.1. The molecule has 0 spiro atoms. The number of halogens is 1. The van der Waals surface area contributed by atoms with Gasteiger partial charge >= 0.3 is 0 Å². The van der Waals surface area contributed by atoms with Crippen LogP contribution in [0.5, 0.6) is 0 Å². The van der Waals surface area contributed by atoms with E-state index in [1.165, 1.54) is 24.1 Å². The van der Waals surface area contributed by atoms with E-state index in [0.717, 1.165) is 0 Å². The van der Waals surface area contributed by atoms with E-state index in [9.17, 15) is 10.2 Å². The van der Waals surface area contributed by atoms with Crippen LogP contribution in [0.15, 0.2) is 19.0 Å². The van der Waals surface area contributed by atoms with E-state index in [0.29, 0.717) is 11.2 Å². The number of aliphatic hydroxyl groups is 2. The molecule has 0 radical (unpaired) electrons. The Hall–Kier alpha value is -1.78. The van der Waals surface area contributed by atoms with E-state index in [-0.39, 0.29) is 11.1 Å². The first-order valence-electron chi connectivity index (χ1n) is 6.40. The molecule has 1 aliphatic rings. The molecule has 1 fully saturated rings. The average molecular weight is 328 g/mol. The van der Waals surface area contributed by atoms with Crippen LogP contribution >= 0.6 is 11.6 Å². The van der Waals surface area contributed by atoms with Crippen molar-refractivity contribution in [2.45, 2.75) is 24.5 Å². The molecule has 2 aromatic heterocycles. The molecule has 9 nitrogen and oxygen atoms in total. The number of anilines is 1.